The molecule has 1 aromatic rings. The van der Waals surface area contributed by atoms with Crippen molar-refractivity contribution in [2.75, 3.05) is 24.4 Å². The molecule has 1 heterocycles. The van der Waals surface area contributed by atoms with E-state index in [9.17, 15) is 4.79 Å². The number of hydrogen-bond acceptors (Lipinski definition) is 4. The third kappa shape index (κ3) is 5.04. The molecule has 0 saturated heterocycles. The van der Waals surface area contributed by atoms with E-state index in [0.717, 1.165) is 18.0 Å². The van der Waals surface area contributed by atoms with Crippen LogP contribution in [0.1, 0.15) is 37.7 Å². The number of pyridine rings is 1. The number of amides is 1. The molecular weight excluding hydrogens is 270 g/mol. The van der Waals surface area contributed by atoms with Crippen LogP contribution in [0.25, 0.3) is 0 Å². The van der Waals surface area contributed by atoms with Gasteiger partial charge in [0, 0.05) is 19.1 Å². The highest BCUT2D eigenvalue weighted by atomic mass is 32.2. The lowest BCUT2D eigenvalue weighted by Crippen LogP contribution is -2.36. The molecule has 0 radical (unpaired) electrons. The summed E-state index contributed by atoms with van der Waals surface area (Å²) in [6.07, 6.45) is 3.07. The molecule has 0 aliphatic heterocycles. The van der Waals surface area contributed by atoms with E-state index < -0.39 is 0 Å². The molecule has 0 spiro atoms. The number of nitrogens with zero attached hydrogens (tertiary/aromatic N) is 2. The number of carbonyl (C=O) groups excluding carboxylic acids is 1. The summed E-state index contributed by atoms with van der Waals surface area (Å²) in [4.78, 5) is 18.6. The van der Waals surface area contributed by atoms with Gasteiger partial charge in [0.05, 0.1) is 0 Å². The largest absolute Gasteiger partial charge is 0.368 e. The average molecular weight is 295 g/mol. The molecule has 112 valence electrons. The van der Waals surface area contributed by atoms with E-state index in [0.29, 0.717) is 11.7 Å². The minimum absolute atomic E-state index is 0.0222. The van der Waals surface area contributed by atoms with E-state index in [1.807, 2.05) is 33.0 Å². The van der Waals surface area contributed by atoms with Gasteiger partial charge in [0.25, 0.3) is 5.91 Å². The normalized spacial score (nSPS) is 12.3. The predicted molar refractivity (Wildman–Crippen MR) is 87.6 cm³/mol. The zero-order valence-electron chi connectivity index (χ0n) is 13.0. The number of thioether (sulfide) groups is 1. The van der Waals surface area contributed by atoms with Crippen LogP contribution in [0.3, 0.4) is 0 Å². The number of hydrogen-bond donors (Lipinski definition) is 1. The Morgan fingerprint density at radius 3 is 2.70 bits per heavy atom. The highest BCUT2D eigenvalue weighted by Crippen LogP contribution is 2.12. The van der Waals surface area contributed by atoms with E-state index in [1.165, 1.54) is 0 Å². The number of rotatable bonds is 7. The quantitative estimate of drug-likeness (QED) is 0.839. The van der Waals surface area contributed by atoms with E-state index in [2.05, 4.69) is 23.5 Å². The molecule has 1 rings (SSSR count). The Balaban J connectivity index is 2.75. The highest BCUT2D eigenvalue weighted by Gasteiger charge is 2.18. The third-order valence-electron chi connectivity index (χ3n) is 3.13. The zero-order chi connectivity index (χ0) is 15.1. The van der Waals surface area contributed by atoms with Crippen molar-refractivity contribution in [3.8, 4) is 0 Å². The molecule has 1 aromatic heterocycles. The van der Waals surface area contributed by atoms with Crippen molar-refractivity contribution < 1.29 is 4.79 Å². The molecule has 0 fully saturated rings. The molecule has 1 N–H and O–H groups in total. The summed E-state index contributed by atoms with van der Waals surface area (Å²) in [6, 6.07) is 6.04. The number of anilines is 1. The number of carbonyl (C=O) groups is 1. The average Bonchev–Trinajstić information content (AvgIpc) is 2.42. The van der Waals surface area contributed by atoms with Crippen LogP contribution in [0.2, 0.25) is 0 Å². The van der Waals surface area contributed by atoms with E-state index >= 15 is 0 Å². The van der Waals surface area contributed by atoms with Gasteiger partial charge < -0.3 is 10.2 Å². The Labute approximate surface area is 126 Å². The molecule has 1 unspecified atom stereocenters. The molecule has 1 amide bonds. The first kappa shape index (κ1) is 16.8. The van der Waals surface area contributed by atoms with Gasteiger partial charge in [-0.15, -0.1) is 0 Å². The van der Waals surface area contributed by atoms with Gasteiger partial charge in [-0.3, -0.25) is 4.79 Å². The zero-order valence-corrected chi connectivity index (χ0v) is 13.8. The Hall–Kier alpha value is -1.23. The van der Waals surface area contributed by atoms with Crippen molar-refractivity contribution in [2.24, 2.45) is 0 Å². The van der Waals surface area contributed by atoms with Gasteiger partial charge in [0.1, 0.15) is 11.5 Å². The van der Waals surface area contributed by atoms with Crippen LogP contribution in [-0.2, 0) is 0 Å². The Bertz CT molecular complexity index is 437. The number of nitrogens with one attached hydrogen (secondary N) is 1. The summed E-state index contributed by atoms with van der Waals surface area (Å²) >= 11 is 1.80. The first-order chi connectivity index (χ1) is 9.45. The van der Waals surface area contributed by atoms with Crippen LogP contribution in [0.5, 0.6) is 0 Å². The first-order valence-corrected chi connectivity index (χ1v) is 8.34. The minimum atomic E-state index is -0.0222. The van der Waals surface area contributed by atoms with E-state index in [4.69, 9.17) is 0 Å². The molecule has 0 aliphatic carbocycles. The second-order valence-electron chi connectivity index (χ2n) is 5.25. The van der Waals surface area contributed by atoms with Crippen molar-refractivity contribution in [1.82, 2.24) is 9.88 Å². The maximum Gasteiger partial charge on any atom is 0.272 e. The first-order valence-electron chi connectivity index (χ1n) is 6.95. The minimum Gasteiger partial charge on any atom is -0.368 e. The second kappa shape index (κ2) is 8.15. The Kier molecular flexibility index (Phi) is 6.85. The SMILES string of the molecule is CSCCC(C)N(C)C(=O)c1cccc(NC(C)C)n1. The highest BCUT2D eigenvalue weighted by molar-refractivity contribution is 7.98. The van der Waals surface area contributed by atoms with Crippen molar-refractivity contribution in [3.05, 3.63) is 23.9 Å². The Morgan fingerprint density at radius 1 is 1.40 bits per heavy atom. The molecule has 0 bridgehead atoms. The topological polar surface area (TPSA) is 45.2 Å². The molecule has 20 heavy (non-hydrogen) atoms. The lowest BCUT2D eigenvalue weighted by atomic mass is 10.2. The maximum absolute atomic E-state index is 12.4. The van der Waals surface area contributed by atoms with Crippen LogP contribution in [0.15, 0.2) is 18.2 Å². The van der Waals surface area contributed by atoms with Crippen LogP contribution in [-0.4, -0.2) is 46.9 Å². The monoisotopic (exact) mass is 295 g/mol. The molecule has 1 atom stereocenters. The van der Waals surface area contributed by atoms with Crippen LogP contribution in [0.4, 0.5) is 5.82 Å². The number of aromatic nitrogens is 1. The third-order valence-corrected chi connectivity index (χ3v) is 3.77. The van der Waals surface area contributed by atoms with Gasteiger partial charge in [-0.25, -0.2) is 4.98 Å². The van der Waals surface area contributed by atoms with Gasteiger partial charge in [-0.2, -0.15) is 11.8 Å². The molecular formula is C15H25N3OS. The Morgan fingerprint density at radius 2 is 2.10 bits per heavy atom. The smallest absolute Gasteiger partial charge is 0.272 e. The molecule has 0 aliphatic rings. The van der Waals surface area contributed by atoms with Gasteiger partial charge in [0.15, 0.2) is 0 Å². The van der Waals surface area contributed by atoms with Gasteiger partial charge in [0.2, 0.25) is 0 Å². The molecule has 0 saturated carbocycles. The summed E-state index contributed by atoms with van der Waals surface area (Å²) in [7, 11) is 1.84. The summed E-state index contributed by atoms with van der Waals surface area (Å²) < 4.78 is 0. The van der Waals surface area contributed by atoms with E-state index in [1.54, 1.807) is 22.7 Å². The van der Waals surface area contributed by atoms with Crippen molar-refractivity contribution >= 4 is 23.5 Å². The van der Waals surface area contributed by atoms with Crippen LogP contribution >= 0.6 is 11.8 Å². The summed E-state index contributed by atoms with van der Waals surface area (Å²) in [5, 5.41) is 3.22. The molecule has 5 heteroatoms. The standard InChI is InChI=1S/C15H25N3OS/c1-11(2)16-14-8-6-7-13(17-14)15(19)18(4)12(3)9-10-20-5/h6-8,11-12H,9-10H2,1-5H3,(H,16,17). The van der Waals surface area contributed by atoms with Crippen LogP contribution < -0.4 is 5.32 Å². The second-order valence-corrected chi connectivity index (χ2v) is 6.24. The predicted octanol–water partition coefficient (Wildman–Crippen LogP) is 3.12. The van der Waals surface area contributed by atoms with Gasteiger partial charge >= 0.3 is 0 Å². The van der Waals surface area contributed by atoms with Crippen LogP contribution in [0, 0.1) is 0 Å². The fourth-order valence-corrected chi connectivity index (χ4v) is 2.37. The van der Waals surface area contributed by atoms with E-state index in [-0.39, 0.29) is 11.9 Å². The molecule has 0 aromatic carbocycles. The fourth-order valence-electron chi connectivity index (χ4n) is 1.79. The summed E-state index contributed by atoms with van der Waals surface area (Å²) in [5.74, 6) is 1.78. The fraction of sp³-hybridized carbons (Fsp3) is 0.600. The lowest BCUT2D eigenvalue weighted by Gasteiger charge is -2.24. The van der Waals surface area contributed by atoms with Crippen molar-refractivity contribution in [1.29, 1.82) is 0 Å². The summed E-state index contributed by atoms with van der Waals surface area (Å²) in [5.41, 5.74) is 0.495. The van der Waals surface area contributed by atoms with Gasteiger partial charge in [-0.05, 0) is 51.3 Å². The van der Waals surface area contributed by atoms with Crippen molar-refractivity contribution in [3.63, 3.8) is 0 Å². The summed E-state index contributed by atoms with van der Waals surface area (Å²) in [6.45, 7) is 6.17. The van der Waals surface area contributed by atoms with Crippen molar-refractivity contribution in [2.45, 2.75) is 39.3 Å². The lowest BCUT2D eigenvalue weighted by molar-refractivity contribution is 0.0735. The molecule has 4 nitrogen and oxygen atoms in total. The van der Waals surface area contributed by atoms with Gasteiger partial charge in [-0.1, -0.05) is 6.07 Å². The maximum atomic E-state index is 12.4.